The number of rotatable bonds is 4. The van der Waals surface area contributed by atoms with E-state index < -0.39 is 17.2 Å². The van der Waals surface area contributed by atoms with Crippen molar-refractivity contribution in [2.45, 2.75) is 51.4 Å². The van der Waals surface area contributed by atoms with Gasteiger partial charge in [-0.3, -0.25) is 4.90 Å². The average molecular weight is 305 g/mol. The Labute approximate surface area is 131 Å². The molecule has 0 unspecified atom stereocenters. The Bertz CT molecular complexity index is 544. The predicted octanol–water partition coefficient (Wildman–Crippen LogP) is 3.13. The zero-order valence-corrected chi connectivity index (χ0v) is 13.6. The largest absolute Gasteiger partial charge is 0.459 e. The Kier molecular flexibility index (Phi) is 4.44. The molecule has 5 nitrogen and oxygen atoms in total. The summed E-state index contributed by atoms with van der Waals surface area (Å²) in [6.45, 7) is 5.60. The van der Waals surface area contributed by atoms with Gasteiger partial charge in [-0.2, -0.15) is 0 Å². The van der Waals surface area contributed by atoms with Gasteiger partial charge in [-0.25, -0.2) is 9.59 Å². The van der Waals surface area contributed by atoms with Crippen molar-refractivity contribution >= 4 is 12.1 Å². The Balaban J connectivity index is 1.95. The summed E-state index contributed by atoms with van der Waals surface area (Å²) in [4.78, 5) is 25.8. The Morgan fingerprint density at radius 1 is 1.18 bits per heavy atom. The molecule has 0 radical (unpaired) electrons. The van der Waals surface area contributed by atoms with Gasteiger partial charge in [-0.1, -0.05) is 30.3 Å². The Morgan fingerprint density at radius 3 is 2.27 bits per heavy atom. The van der Waals surface area contributed by atoms with Gasteiger partial charge in [0.25, 0.3) is 0 Å². The molecule has 22 heavy (non-hydrogen) atoms. The quantitative estimate of drug-likeness (QED) is 0.802. The lowest BCUT2D eigenvalue weighted by atomic mass is 10.2. The van der Waals surface area contributed by atoms with Crippen LogP contribution in [0.3, 0.4) is 0 Å². The second kappa shape index (κ2) is 5.99. The highest BCUT2D eigenvalue weighted by Gasteiger charge is 2.57. The number of hydrogen-bond acceptors (Lipinski definition) is 4. The maximum absolute atomic E-state index is 12.3. The van der Waals surface area contributed by atoms with E-state index >= 15 is 0 Å². The standard InChI is InChI=1S/C17H23NO4/c1-16(2,3)22-15(20)18(4)17(10-11-17)14(19)21-12-13-8-6-5-7-9-13/h5-9H,10-12H2,1-4H3. The van der Waals surface area contributed by atoms with Crippen molar-refractivity contribution in [3.8, 4) is 0 Å². The normalized spacial score (nSPS) is 15.8. The summed E-state index contributed by atoms with van der Waals surface area (Å²) in [6.07, 6.45) is 0.717. The summed E-state index contributed by atoms with van der Waals surface area (Å²) in [5.74, 6) is -0.371. The molecule has 0 aromatic heterocycles. The van der Waals surface area contributed by atoms with Crippen LogP contribution >= 0.6 is 0 Å². The molecule has 1 aliphatic carbocycles. The van der Waals surface area contributed by atoms with Gasteiger partial charge in [0.05, 0.1) is 0 Å². The van der Waals surface area contributed by atoms with Crippen LogP contribution in [0.4, 0.5) is 4.79 Å². The third-order valence-electron chi connectivity index (χ3n) is 3.63. The van der Waals surface area contributed by atoms with Crippen LogP contribution < -0.4 is 0 Å². The Morgan fingerprint density at radius 2 is 1.77 bits per heavy atom. The fourth-order valence-corrected chi connectivity index (χ4v) is 2.16. The van der Waals surface area contributed by atoms with Gasteiger partial charge in [0.2, 0.25) is 0 Å². The molecule has 0 atom stereocenters. The van der Waals surface area contributed by atoms with Crippen LogP contribution in [0.15, 0.2) is 30.3 Å². The van der Waals surface area contributed by atoms with Gasteiger partial charge in [0.1, 0.15) is 17.7 Å². The third kappa shape index (κ3) is 3.78. The number of esters is 1. The fourth-order valence-electron chi connectivity index (χ4n) is 2.16. The summed E-state index contributed by atoms with van der Waals surface area (Å²) in [5.41, 5.74) is -0.529. The van der Waals surface area contributed by atoms with E-state index in [1.807, 2.05) is 30.3 Å². The minimum atomic E-state index is -0.864. The van der Waals surface area contributed by atoms with Crippen molar-refractivity contribution in [3.05, 3.63) is 35.9 Å². The van der Waals surface area contributed by atoms with Crippen molar-refractivity contribution in [2.24, 2.45) is 0 Å². The van der Waals surface area contributed by atoms with E-state index in [9.17, 15) is 9.59 Å². The molecule has 1 aliphatic rings. The lowest BCUT2D eigenvalue weighted by Crippen LogP contribution is -2.47. The highest BCUT2D eigenvalue weighted by Crippen LogP contribution is 2.42. The lowest BCUT2D eigenvalue weighted by molar-refractivity contribution is -0.152. The number of carbonyl (C=O) groups is 2. The van der Waals surface area contributed by atoms with Crippen LogP contribution in [0.2, 0.25) is 0 Å². The van der Waals surface area contributed by atoms with Gasteiger partial charge < -0.3 is 9.47 Å². The van der Waals surface area contributed by atoms with Crippen molar-refractivity contribution in [3.63, 3.8) is 0 Å². The lowest BCUT2D eigenvalue weighted by Gasteiger charge is -2.29. The van der Waals surface area contributed by atoms with Crippen molar-refractivity contribution in [2.75, 3.05) is 7.05 Å². The molecule has 1 fully saturated rings. The van der Waals surface area contributed by atoms with Crippen molar-refractivity contribution in [1.29, 1.82) is 0 Å². The maximum atomic E-state index is 12.3. The minimum Gasteiger partial charge on any atom is -0.459 e. The second-order valence-electron chi connectivity index (χ2n) is 6.63. The first kappa shape index (κ1) is 16.3. The van der Waals surface area contributed by atoms with Gasteiger partial charge in [-0.15, -0.1) is 0 Å². The van der Waals surface area contributed by atoms with Crippen LogP contribution in [0.1, 0.15) is 39.2 Å². The molecule has 120 valence electrons. The topological polar surface area (TPSA) is 55.8 Å². The maximum Gasteiger partial charge on any atom is 0.410 e. The zero-order chi connectivity index (χ0) is 16.4. The molecule has 0 saturated heterocycles. The van der Waals surface area contributed by atoms with Crippen LogP contribution in [-0.4, -0.2) is 35.2 Å². The molecule has 0 bridgehead atoms. The molecule has 1 saturated carbocycles. The number of nitrogens with zero attached hydrogens (tertiary/aromatic N) is 1. The molecule has 0 heterocycles. The van der Waals surface area contributed by atoms with Crippen LogP contribution in [0.25, 0.3) is 0 Å². The number of amides is 1. The number of benzene rings is 1. The van der Waals surface area contributed by atoms with E-state index in [1.165, 1.54) is 4.90 Å². The van der Waals surface area contributed by atoms with Gasteiger partial charge in [0.15, 0.2) is 0 Å². The number of ether oxygens (including phenoxy) is 2. The zero-order valence-electron chi connectivity index (χ0n) is 13.6. The SMILES string of the molecule is CN(C(=O)OC(C)(C)C)C1(C(=O)OCc2ccccc2)CC1. The number of likely N-dealkylation sites (N-methyl/N-ethyl adjacent to an activating group) is 1. The van der Waals surface area contributed by atoms with Crippen molar-refractivity contribution in [1.82, 2.24) is 4.90 Å². The summed E-state index contributed by atoms with van der Waals surface area (Å²) in [5, 5.41) is 0. The molecule has 1 aromatic rings. The van der Waals surface area contributed by atoms with E-state index in [2.05, 4.69) is 0 Å². The third-order valence-corrected chi connectivity index (χ3v) is 3.63. The Hall–Kier alpha value is -2.04. The van der Waals surface area contributed by atoms with Gasteiger partial charge in [-0.05, 0) is 39.2 Å². The molecular weight excluding hydrogens is 282 g/mol. The summed E-state index contributed by atoms with van der Waals surface area (Å²) >= 11 is 0. The first-order chi connectivity index (χ1) is 10.2. The molecular formula is C17H23NO4. The van der Waals surface area contributed by atoms with Gasteiger partial charge in [0, 0.05) is 7.05 Å². The number of hydrogen-bond donors (Lipinski definition) is 0. The second-order valence-corrected chi connectivity index (χ2v) is 6.63. The fraction of sp³-hybridized carbons (Fsp3) is 0.529. The van der Waals surface area contributed by atoms with Crippen LogP contribution in [0.5, 0.6) is 0 Å². The highest BCUT2D eigenvalue weighted by molar-refractivity contribution is 5.88. The molecule has 5 heteroatoms. The molecule has 0 N–H and O–H groups in total. The summed E-state index contributed by atoms with van der Waals surface area (Å²) in [7, 11) is 1.59. The highest BCUT2D eigenvalue weighted by atomic mass is 16.6. The number of carbonyl (C=O) groups excluding carboxylic acids is 2. The van der Waals surface area contributed by atoms with E-state index in [-0.39, 0.29) is 12.6 Å². The van der Waals surface area contributed by atoms with Crippen molar-refractivity contribution < 1.29 is 19.1 Å². The molecule has 0 spiro atoms. The summed E-state index contributed by atoms with van der Waals surface area (Å²) < 4.78 is 10.7. The molecule has 2 rings (SSSR count). The van der Waals surface area contributed by atoms with E-state index in [0.29, 0.717) is 12.8 Å². The van der Waals surface area contributed by atoms with E-state index in [0.717, 1.165) is 5.56 Å². The van der Waals surface area contributed by atoms with E-state index in [1.54, 1.807) is 27.8 Å². The van der Waals surface area contributed by atoms with Gasteiger partial charge >= 0.3 is 12.1 Å². The van der Waals surface area contributed by atoms with Crippen LogP contribution in [0, 0.1) is 0 Å². The summed E-state index contributed by atoms with van der Waals surface area (Å²) in [6, 6.07) is 9.48. The first-order valence-corrected chi connectivity index (χ1v) is 7.43. The monoisotopic (exact) mass is 305 g/mol. The molecule has 1 amide bonds. The first-order valence-electron chi connectivity index (χ1n) is 7.43. The predicted molar refractivity (Wildman–Crippen MR) is 82.2 cm³/mol. The minimum absolute atomic E-state index is 0.212. The van der Waals surface area contributed by atoms with E-state index in [4.69, 9.17) is 9.47 Å². The molecule has 0 aliphatic heterocycles. The van der Waals surface area contributed by atoms with Crippen LogP contribution in [-0.2, 0) is 20.9 Å². The smallest absolute Gasteiger partial charge is 0.410 e. The molecule has 1 aromatic carbocycles. The average Bonchev–Trinajstić information content (AvgIpc) is 3.25.